The van der Waals surface area contributed by atoms with Crippen LogP contribution in [0.3, 0.4) is 0 Å². The summed E-state index contributed by atoms with van der Waals surface area (Å²) in [6.45, 7) is 2.67. The number of halogens is 1. The van der Waals surface area contributed by atoms with E-state index in [9.17, 15) is 8.42 Å². The molecular formula is C11H17BrN2O2S. The molecule has 0 aliphatic carbocycles. The van der Waals surface area contributed by atoms with Gasteiger partial charge in [0.25, 0.3) is 0 Å². The van der Waals surface area contributed by atoms with E-state index >= 15 is 0 Å². The third kappa shape index (κ3) is 6.16. The molecule has 0 saturated heterocycles. The summed E-state index contributed by atoms with van der Waals surface area (Å²) in [5.74, 6) is 0.0191. The van der Waals surface area contributed by atoms with Crippen LogP contribution >= 0.6 is 15.9 Å². The molecule has 0 radical (unpaired) electrons. The van der Waals surface area contributed by atoms with E-state index in [1.54, 1.807) is 0 Å². The predicted molar refractivity (Wildman–Crippen MR) is 73.2 cm³/mol. The van der Waals surface area contributed by atoms with Gasteiger partial charge in [-0.05, 0) is 37.6 Å². The van der Waals surface area contributed by atoms with Gasteiger partial charge in [-0.15, -0.1) is 0 Å². The second-order valence-electron chi connectivity index (χ2n) is 3.95. The van der Waals surface area contributed by atoms with Crippen LogP contribution in [-0.4, -0.2) is 20.7 Å². The van der Waals surface area contributed by atoms with Crippen molar-refractivity contribution in [2.45, 2.75) is 19.4 Å². The van der Waals surface area contributed by atoms with E-state index in [2.05, 4.69) is 21.2 Å². The number of nitrogens with one attached hydrogen (secondary N) is 1. The number of benzene rings is 1. The molecule has 1 unspecified atom stereocenters. The molecule has 3 N–H and O–H groups in total. The van der Waals surface area contributed by atoms with Gasteiger partial charge in [-0.3, -0.25) is 0 Å². The zero-order valence-corrected chi connectivity index (χ0v) is 12.1. The van der Waals surface area contributed by atoms with Crippen LogP contribution < -0.4 is 10.5 Å². The lowest BCUT2D eigenvalue weighted by Gasteiger charge is -2.14. The van der Waals surface area contributed by atoms with Crippen LogP contribution in [-0.2, 0) is 10.0 Å². The van der Waals surface area contributed by atoms with Crippen molar-refractivity contribution in [2.24, 2.45) is 5.14 Å². The first-order valence-electron chi connectivity index (χ1n) is 5.38. The average molecular weight is 321 g/mol. The maximum absolute atomic E-state index is 10.7. The van der Waals surface area contributed by atoms with Crippen LogP contribution in [0, 0.1) is 0 Å². The van der Waals surface area contributed by atoms with Crippen molar-refractivity contribution in [3.05, 3.63) is 34.3 Å². The maximum atomic E-state index is 10.7. The Kier molecular flexibility index (Phi) is 5.58. The summed E-state index contributed by atoms with van der Waals surface area (Å²) in [4.78, 5) is 0. The van der Waals surface area contributed by atoms with Crippen LogP contribution in [0.1, 0.15) is 24.9 Å². The number of hydrogen-bond acceptors (Lipinski definition) is 3. The third-order valence-corrected chi connectivity index (χ3v) is 3.76. The van der Waals surface area contributed by atoms with Crippen molar-refractivity contribution in [2.75, 3.05) is 12.3 Å². The fourth-order valence-electron chi connectivity index (χ4n) is 1.49. The summed E-state index contributed by atoms with van der Waals surface area (Å²) in [5, 5.41) is 8.18. The second kappa shape index (κ2) is 6.49. The van der Waals surface area contributed by atoms with Gasteiger partial charge in [0.2, 0.25) is 10.0 Å². The standard InChI is InChI=1S/C11H17BrN2O2S/c1-9(10-4-2-5-11(12)8-10)14-6-3-7-17(13,15)16/h2,4-5,8-9,14H,3,6-7H2,1H3,(H2,13,15,16). The summed E-state index contributed by atoms with van der Waals surface area (Å²) in [5.41, 5.74) is 1.16. The van der Waals surface area contributed by atoms with E-state index in [0.29, 0.717) is 13.0 Å². The van der Waals surface area contributed by atoms with E-state index in [-0.39, 0.29) is 11.8 Å². The molecule has 0 aliphatic heterocycles. The monoisotopic (exact) mass is 320 g/mol. The highest BCUT2D eigenvalue weighted by molar-refractivity contribution is 9.10. The van der Waals surface area contributed by atoms with E-state index in [4.69, 9.17) is 5.14 Å². The van der Waals surface area contributed by atoms with Gasteiger partial charge < -0.3 is 5.32 Å². The van der Waals surface area contributed by atoms with Gasteiger partial charge in [0.1, 0.15) is 0 Å². The highest BCUT2D eigenvalue weighted by atomic mass is 79.9. The highest BCUT2D eigenvalue weighted by Crippen LogP contribution is 2.17. The minimum Gasteiger partial charge on any atom is -0.310 e. The molecule has 1 atom stereocenters. The maximum Gasteiger partial charge on any atom is 0.209 e. The number of primary sulfonamides is 1. The Bertz CT molecular complexity index is 462. The van der Waals surface area contributed by atoms with Crippen LogP contribution in [0.25, 0.3) is 0 Å². The fourth-order valence-corrected chi connectivity index (χ4v) is 2.45. The minimum atomic E-state index is -3.34. The van der Waals surface area contributed by atoms with Gasteiger partial charge >= 0.3 is 0 Å². The molecule has 0 amide bonds. The van der Waals surface area contributed by atoms with E-state index < -0.39 is 10.0 Å². The topological polar surface area (TPSA) is 72.2 Å². The van der Waals surface area contributed by atoms with Crippen LogP contribution in [0.15, 0.2) is 28.7 Å². The molecule has 0 aromatic heterocycles. The first-order valence-corrected chi connectivity index (χ1v) is 7.88. The van der Waals surface area contributed by atoms with E-state index in [0.717, 1.165) is 10.0 Å². The van der Waals surface area contributed by atoms with E-state index in [1.807, 2.05) is 31.2 Å². The Morgan fingerprint density at radius 1 is 1.47 bits per heavy atom. The van der Waals surface area contributed by atoms with Gasteiger partial charge in [0, 0.05) is 10.5 Å². The smallest absolute Gasteiger partial charge is 0.209 e. The Balaban J connectivity index is 2.38. The summed E-state index contributed by atoms with van der Waals surface area (Å²) in [6, 6.07) is 8.20. The molecule has 6 heteroatoms. The summed E-state index contributed by atoms with van der Waals surface area (Å²) in [6.07, 6.45) is 0.525. The van der Waals surface area contributed by atoms with Gasteiger partial charge in [0.15, 0.2) is 0 Å². The normalized spacial score (nSPS) is 13.6. The third-order valence-electron chi connectivity index (χ3n) is 2.40. The molecule has 1 aromatic rings. The Labute approximate surface area is 111 Å². The molecule has 0 saturated carbocycles. The minimum absolute atomic E-state index is 0.0191. The summed E-state index contributed by atoms with van der Waals surface area (Å²) >= 11 is 3.41. The molecule has 1 rings (SSSR count). The number of nitrogens with two attached hydrogens (primary N) is 1. The summed E-state index contributed by atoms with van der Waals surface area (Å²) < 4.78 is 22.5. The molecule has 0 bridgehead atoms. The lowest BCUT2D eigenvalue weighted by Crippen LogP contribution is -2.24. The van der Waals surface area contributed by atoms with Crippen molar-refractivity contribution in [1.82, 2.24) is 5.32 Å². The van der Waals surface area contributed by atoms with Gasteiger partial charge in [-0.25, -0.2) is 13.6 Å². The van der Waals surface area contributed by atoms with Crippen molar-refractivity contribution in [3.63, 3.8) is 0 Å². The summed E-state index contributed by atoms with van der Waals surface area (Å²) in [7, 11) is -3.34. The van der Waals surface area contributed by atoms with Gasteiger partial charge in [-0.2, -0.15) is 0 Å². The molecule has 96 valence electrons. The highest BCUT2D eigenvalue weighted by Gasteiger charge is 2.06. The molecular weight excluding hydrogens is 304 g/mol. The fraction of sp³-hybridized carbons (Fsp3) is 0.455. The quantitative estimate of drug-likeness (QED) is 0.785. The predicted octanol–water partition coefficient (Wildman–Crippen LogP) is 1.78. The van der Waals surface area contributed by atoms with E-state index in [1.165, 1.54) is 0 Å². The molecule has 17 heavy (non-hydrogen) atoms. The Morgan fingerprint density at radius 2 is 2.18 bits per heavy atom. The first-order chi connectivity index (χ1) is 7.88. The largest absolute Gasteiger partial charge is 0.310 e. The van der Waals surface area contributed by atoms with Crippen LogP contribution in [0.5, 0.6) is 0 Å². The molecule has 4 nitrogen and oxygen atoms in total. The number of sulfonamides is 1. The average Bonchev–Trinajstić information content (AvgIpc) is 2.23. The number of hydrogen-bond donors (Lipinski definition) is 2. The SMILES string of the molecule is CC(NCCCS(N)(=O)=O)c1cccc(Br)c1. The molecule has 1 aromatic carbocycles. The molecule has 0 spiro atoms. The molecule has 0 fully saturated rings. The zero-order chi connectivity index (χ0) is 12.9. The van der Waals surface area contributed by atoms with Gasteiger partial charge in [0.05, 0.1) is 5.75 Å². The zero-order valence-electron chi connectivity index (χ0n) is 9.69. The Hall–Kier alpha value is -0.430. The molecule has 0 aliphatic rings. The van der Waals surface area contributed by atoms with Crippen molar-refractivity contribution in [1.29, 1.82) is 0 Å². The number of rotatable bonds is 6. The molecule has 0 heterocycles. The van der Waals surface area contributed by atoms with Crippen LogP contribution in [0.2, 0.25) is 0 Å². The second-order valence-corrected chi connectivity index (χ2v) is 6.60. The van der Waals surface area contributed by atoms with Crippen LogP contribution in [0.4, 0.5) is 0 Å². The first kappa shape index (κ1) is 14.6. The lowest BCUT2D eigenvalue weighted by molar-refractivity contribution is 0.560. The van der Waals surface area contributed by atoms with Crippen molar-refractivity contribution in [3.8, 4) is 0 Å². The van der Waals surface area contributed by atoms with Gasteiger partial charge in [-0.1, -0.05) is 28.1 Å². The Morgan fingerprint density at radius 3 is 2.76 bits per heavy atom. The lowest BCUT2D eigenvalue weighted by atomic mass is 10.1. The van der Waals surface area contributed by atoms with Crippen molar-refractivity contribution < 1.29 is 8.42 Å². The van der Waals surface area contributed by atoms with Crippen molar-refractivity contribution >= 4 is 26.0 Å².